The summed E-state index contributed by atoms with van der Waals surface area (Å²) >= 11 is 1.06. The molecular formula is C31H31F3N6OS. The van der Waals surface area contributed by atoms with Crippen molar-refractivity contribution in [3.63, 3.8) is 0 Å². The molecule has 0 amide bonds. The molecular weight excluding hydrogens is 561 g/mol. The number of benzene rings is 1. The molecule has 7 nitrogen and oxygen atoms in total. The van der Waals surface area contributed by atoms with Gasteiger partial charge in [-0.05, 0) is 49.5 Å². The highest BCUT2D eigenvalue weighted by atomic mass is 32.1. The van der Waals surface area contributed by atoms with E-state index >= 15 is 0 Å². The molecule has 4 aromatic rings. The van der Waals surface area contributed by atoms with E-state index in [0.29, 0.717) is 28.3 Å². The minimum atomic E-state index is -4.26. The minimum absolute atomic E-state index is 0.155. The highest BCUT2D eigenvalue weighted by Crippen LogP contribution is 2.36. The van der Waals surface area contributed by atoms with Gasteiger partial charge in [-0.2, -0.15) is 18.4 Å². The molecule has 1 fully saturated rings. The quantitative estimate of drug-likeness (QED) is 0.240. The van der Waals surface area contributed by atoms with Gasteiger partial charge in [0.15, 0.2) is 0 Å². The first-order valence-electron chi connectivity index (χ1n) is 14.0. The summed E-state index contributed by atoms with van der Waals surface area (Å²) in [4.78, 5) is 11.7. The third-order valence-electron chi connectivity index (χ3n) is 8.15. The van der Waals surface area contributed by atoms with Crippen LogP contribution in [0.3, 0.4) is 0 Å². The zero-order valence-electron chi connectivity index (χ0n) is 23.5. The van der Waals surface area contributed by atoms with E-state index in [0.717, 1.165) is 78.0 Å². The minimum Gasteiger partial charge on any atom is -0.496 e. The summed E-state index contributed by atoms with van der Waals surface area (Å²) in [5.41, 5.74) is 5.06. The SMILES string of the molecule is COc1cc2c(cc(C#N)n2CC2=CCC=C2)c(C)c1CN1CCC(Nc2ncnc3sc(CC(F)(F)F)cc23)CC1. The molecule has 0 atom stereocenters. The molecule has 1 aliphatic carbocycles. The number of rotatable bonds is 8. The fourth-order valence-electron chi connectivity index (χ4n) is 5.98. The Hall–Kier alpha value is -3.88. The zero-order chi connectivity index (χ0) is 29.4. The average molecular weight is 593 g/mol. The fourth-order valence-corrected chi connectivity index (χ4v) is 7.01. The Balaban J connectivity index is 1.16. The van der Waals surface area contributed by atoms with Crippen LogP contribution >= 0.6 is 11.3 Å². The van der Waals surface area contributed by atoms with Crippen molar-refractivity contribution < 1.29 is 17.9 Å². The summed E-state index contributed by atoms with van der Waals surface area (Å²) in [5.74, 6) is 1.41. The summed E-state index contributed by atoms with van der Waals surface area (Å²) < 4.78 is 46.7. The number of nitrogens with zero attached hydrogens (tertiary/aromatic N) is 5. The second kappa shape index (κ2) is 11.4. The van der Waals surface area contributed by atoms with Crippen LogP contribution in [0.2, 0.25) is 0 Å². The summed E-state index contributed by atoms with van der Waals surface area (Å²) in [6.07, 6.45) is 5.27. The van der Waals surface area contributed by atoms with Crippen LogP contribution in [0.5, 0.6) is 5.75 Å². The number of methoxy groups -OCH3 is 1. The van der Waals surface area contributed by atoms with E-state index in [4.69, 9.17) is 4.74 Å². The van der Waals surface area contributed by atoms with E-state index in [2.05, 4.69) is 62.0 Å². The lowest BCUT2D eigenvalue weighted by molar-refractivity contribution is -0.126. The van der Waals surface area contributed by atoms with E-state index in [9.17, 15) is 18.4 Å². The number of likely N-dealkylation sites (tertiary alicyclic amines) is 1. The molecule has 0 saturated carbocycles. The summed E-state index contributed by atoms with van der Waals surface area (Å²) in [7, 11) is 1.69. The molecule has 0 radical (unpaired) electrons. The van der Waals surface area contributed by atoms with Gasteiger partial charge in [-0.1, -0.05) is 18.2 Å². The summed E-state index contributed by atoms with van der Waals surface area (Å²) in [6.45, 7) is 5.17. The highest BCUT2D eigenvalue weighted by molar-refractivity contribution is 7.18. The van der Waals surface area contributed by atoms with Crippen molar-refractivity contribution in [1.82, 2.24) is 19.4 Å². The van der Waals surface area contributed by atoms with Crippen molar-refractivity contribution in [2.24, 2.45) is 0 Å². The molecule has 3 aromatic heterocycles. The van der Waals surface area contributed by atoms with Gasteiger partial charge in [-0.15, -0.1) is 11.3 Å². The number of allylic oxidation sites excluding steroid dienone is 4. The maximum atomic E-state index is 12.9. The predicted molar refractivity (Wildman–Crippen MR) is 159 cm³/mol. The van der Waals surface area contributed by atoms with Crippen molar-refractivity contribution in [3.05, 3.63) is 70.0 Å². The average Bonchev–Trinajstić information content (AvgIpc) is 3.70. The lowest BCUT2D eigenvalue weighted by Crippen LogP contribution is -2.39. The van der Waals surface area contributed by atoms with Gasteiger partial charge in [0.2, 0.25) is 0 Å². The molecule has 11 heteroatoms. The number of alkyl halides is 3. The number of nitrogens with one attached hydrogen (secondary N) is 1. The van der Waals surface area contributed by atoms with Gasteiger partial charge in [0.05, 0.1) is 24.4 Å². The van der Waals surface area contributed by atoms with Gasteiger partial charge in [0, 0.05) is 54.1 Å². The summed E-state index contributed by atoms with van der Waals surface area (Å²) in [6, 6.07) is 8.12. The fraction of sp³-hybridized carbons (Fsp3) is 0.387. The summed E-state index contributed by atoms with van der Waals surface area (Å²) in [5, 5.41) is 15.0. The highest BCUT2D eigenvalue weighted by Gasteiger charge is 2.29. The number of aromatic nitrogens is 3. The number of hydrogen-bond donors (Lipinski definition) is 1. The Morgan fingerprint density at radius 2 is 1.95 bits per heavy atom. The molecule has 1 N–H and O–H groups in total. The van der Waals surface area contributed by atoms with Gasteiger partial charge >= 0.3 is 6.18 Å². The standard InChI is InChI=1S/C31H31F3N6OS/c1-19-24-11-22(15-35)40(16-20-5-3-4-6-20)27(24)13-28(41-2)26(19)17-39-9-7-21(8-10-39)38-29-25-12-23(14-31(32,33)34)42-30(25)37-18-36-29/h3,5-6,11-13,18,21H,4,7-10,14,16-17H2,1-2H3,(H,36,37,38). The van der Waals surface area contributed by atoms with Gasteiger partial charge in [-0.3, -0.25) is 4.90 Å². The smallest absolute Gasteiger partial charge is 0.393 e. The van der Waals surface area contributed by atoms with Crippen LogP contribution in [0, 0.1) is 18.3 Å². The van der Waals surface area contributed by atoms with Gasteiger partial charge in [0.1, 0.15) is 34.5 Å². The van der Waals surface area contributed by atoms with Crippen molar-refractivity contribution in [3.8, 4) is 11.8 Å². The van der Waals surface area contributed by atoms with Crippen molar-refractivity contribution >= 4 is 38.3 Å². The second-order valence-corrected chi connectivity index (χ2v) is 12.0. The molecule has 218 valence electrons. The lowest BCUT2D eigenvalue weighted by Gasteiger charge is -2.33. The van der Waals surface area contributed by atoms with E-state index in [1.807, 2.05) is 6.07 Å². The second-order valence-electron chi connectivity index (χ2n) is 10.9. The van der Waals surface area contributed by atoms with Crippen LogP contribution in [-0.2, 0) is 19.5 Å². The van der Waals surface area contributed by atoms with Crippen LogP contribution in [0.4, 0.5) is 19.0 Å². The number of aryl methyl sites for hydroxylation is 1. The maximum absolute atomic E-state index is 12.9. The van der Waals surface area contributed by atoms with Gasteiger partial charge < -0.3 is 14.6 Å². The number of nitriles is 1. The third kappa shape index (κ3) is 5.74. The monoisotopic (exact) mass is 592 g/mol. The molecule has 0 unspecified atom stereocenters. The molecule has 2 aliphatic rings. The zero-order valence-corrected chi connectivity index (χ0v) is 24.3. The number of piperidine rings is 1. The predicted octanol–water partition coefficient (Wildman–Crippen LogP) is 6.90. The van der Waals surface area contributed by atoms with Crippen LogP contribution in [0.25, 0.3) is 21.1 Å². The number of fused-ring (bicyclic) bond motifs is 2. The van der Waals surface area contributed by atoms with Gasteiger partial charge in [0.25, 0.3) is 0 Å². The molecule has 1 aromatic carbocycles. The van der Waals surface area contributed by atoms with E-state index in [1.54, 1.807) is 13.2 Å². The van der Waals surface area contributed by atoms with Crippen LogP contribution in [0.1, 0.15) is 41.0 Å². The molecule has 6 rings (SSSR count). The van der Waals surface area contributed by atoms with Crippen molar-refractivity contribution in [2.75, 3.05) is 25.5 Å². The third-order valence-corrected chi connectivity index (χ3v) is 9.19. The molecule has 0 bridgehead atoms. The number of anilines is 1. The first-order chi connectivity index (χ1) is 20.2. The Bertz CT molecular complexity index is 1740. The van der Waals surface area contributed by atoms with Crippen molar-refractivity contribution in [2.45, 2.75) is 57.9 Å². The number of ether oxygens (including phenoxy) is 1. The Labute approximate surface area is 245 Å². The van der Waals surface area contributed by atoms with E-state index < -0.39 is 12.6 Å². The van der Waals surface area contributed by atoms with Crippen LogP contribution in [-0.4, -0.2) is 51.9 Å². The molecule has 4 heterocycles. The normalized spacial score (nSPS) is 16.3. The Morgan fingerprint density at radius 3 is 2.64 bits per heavy atom. The number of halogens is 3. The molecule has 1 saturated heterocycles. The Kier molecular flexibility index (Phi) is 7.68. The Morgan fingerprint density at radius 1 is 1.14 bits per heavy atom. The topological polar surface area (TPSA) is 79.0 Å². The maximum Gasteiger partial charge on any atom is 0.393 e. The first-order valence-corrected chi connectivity index (χ1v) is 14.8. The number of hydrogen-bond acceptors (Lipinski definition) is 7. The van der Waals surface area contributed by atoms with Crippen LogP contribution < -0.4 is 10.1 Å². The largest absolute Gasteiger partial charge is 0.496 e. The van der Waals surface area contributed by atoms with Crippen LogP contribution in [0.15, 0.2) is 48.3 Å². The molecule has 1 aliphatic heterocycles. The number of thiophene rings is 1. The van der Waals surface area contributed by atoms with E-state index in [-0.39, 0.29) is 10.9 Å². The van der Waals surface area contributed by atoms with E-state index in [1.165, 1.54) is 11.9 Å². The lowest BCUT2D eigenvalue weighted by atomic mass is 10.00. The molecule has 42 heavy (non-hydrogen) atoms. The van der Waals surface area contributed by atoms with Crippen molar-refractivity contribution in [1.29, 1.82) is 5.26 Å². The van der Waals surface area contributed by atoms with Gasteiger partial charge in [-0.25, -0.2) is 9.97 Å². The first kappa shape index (κ1) is 28.2. The molecule has 0 spiro atoms.